The normalized spacial score (nSPS) is 19.0. The Morgan fingerprint density at radius 1 is 1.27 bits per heavy atom. The van der Waals surface area contributed by atoms with Crippen molar-refractivity contribution in [3.63, 3.8) is 0 Å². The number of rotatable bonds is 3. The number of hydrogen-bond acceptors (Lipinski definition) is 5. The number of likely N-dealkylation sites (tertiary alicyclic amines) is 1. The lowest BCUT2D eigenvalue weighted by Crippen LogP contribution is -2.33. The lowest BCUT2D eigenvalue weighted by atomic mass is 10.2. The van der Waals surface area contributed by atoms with Gasteiger partial charge in [-0.1, -0.05) is 13.8 Å². The van der Waals surface area contributed by atoms with Crippen molar-refractivity contribution in [1.29, 1.82) is 0 Å². The van der Waals surface area contributed by atoms with E-state index in [1.165, 1.54) is 0 Å². The standard InChI is InChI=1S/C18H23N5O3/c1-12(2)17-21-19-11-23(17)14-5-6-22(10-14)18(24)20-13-3-4-15-16(9-13)26-8-7-25-15/h3-4,9,11-12,14H,5-8,10H2,1-2H3,(H,20,24). The van der Waals surface area contributed by atoms with Crippen molar-refractivity contribution >= 4 is 11.7 Å². The molecule has 1 aromatic carbocycles. The average molecular weight is 357 g/mol. The van der Waals surface area contributed by atoms with E-state index in [1.54, 1.807) is 12.4 Å². The molecule has 1 unspecified atom stereocenters. The molecular weight excluding hydrogens is 334 g/mol. The minimum atomic E-state index is -0.108. The van der Waals surface area contributed by atoms with Crippen molar-refractivity contribution in [1.82, 2.24) is 19.7 Å². The highest BCUT2D eigenvalue weighted by Gasteiger charge is 2.29. The van der Waals surface area contributed by atoms with Gasteiger partial charge in [-0.15, -0.1) is 10.2 Å². The van der Waals surface area contributed by atoms with Crippen molar-refractivity contribution in [2.45, 2.75) is 32.2 Å². The molecule has 2 aliphatic rings. The molecule has 2 amide bonds. The first-order valence-corrected chi connectivity index (χ1v) is 8.97. The van der Waals surface area contributed by atoms with Gasteiger partial charge in [0.15, 0.2) is 11.5 Å². The fourth-order valence-electron chi connectivity index (χ4n) is 3.42. The summed E-state index contributed by atoms with van der Waals surface area (Å²) in [6.07, 6.45) is 2.66. The summed E-state index contributed by atoms with van der Waals surface area (Å²) in [5.74, 6) is 2.64. The van der Waals surface area contributed by atoms with E-state index in [1.807, 2.05) is 17.0 Å². The van der Waals surface area contributed by atoms with Crippen LogP contribution < -0.4 is 14.8 Å². The predicted octanol–water partition coefficient (Wildman–Crippen LogP) is 2.65. The van der Waals surface area contributed by atoms with Gasteiger partial charge in [0.25, 0.3) is 0 Å². The molecule has 0 bridgehead atoms. The lowest BCUT2D eigenvalue weighted by molar-refractivity contribution is 0.171. The fraction of sp³-hybridized carbons (Fsp3) is 0.500. The molecule has 0 spiro atoms. The van der Waals surface area contributed by atoms with Gasteiger partial charge in [-0.25, -0.2) is 4.79 Å². The first-order chi connectivity index (χ1) is 12.6. The number of nitrogens with one attached hydrogen (secondary N) is 1. The minimum absolute atomic E-state index is 0.108. The second kappa shape index (κ2) is 6.86. The number of fused-ring (bicyclic) bond motifs is 1. The molecule has 2 aromatic rings. The lowest BCUT2D eigenvalue weighted by Gasteiger charge is -2.21. The maximum atomic E-state index is 12.6. The molecule has 4 rings (SSSR count). The smallest absolute Gasteiger partial charge is 0.321 e. The van der Waals surface area contributed by atoms with Crippen molar-refractivity contribution in [3.8, 4) is 11.5 Å². The number of carbonyl (C=O) groups excluding carboxylic acids is 1. The maximum Gasteiger partial charge on any atom is 0.321 e. The molecule has 2 aliphatic heterocycles. The van der Waals surface area contributed by atoms with Gasteiger partial charge >= 0.3 is 6.03 Å². The summed E-state index contributed by atoms with van der Waals surface area (Å²) in [7, 11) is 0. The van der Waals surface area contributed by atoms with E-state index >= 15 is 0 Å². The van der Waals surface area contributed by atoms with E-state index < -0.39 is 0 Å². The fourth-order valence-corrected chi connectivity index (χ4v) is 3.42. The van der Waals surface area contributed by atoms with Crippen LogP contribution in [0.2, 0.25) is 0 Å². The van der Waals surface area contributed by atoms with Crippen molar-refractivity contribution in [2.75, 3.05) is 31.6 Å². The topological polar surface area (TPSA) is 81.5 Å². The maximum absolute atomic E-state index is 12.6. The summed E-state index contributed by atoms with van der Waals surface area (Å²) in [5, 5.41) is 11.2. The molecule has 26 heavy (non-hydrogen) atoms. The van der Waals surface area contributed by atoms with Crippen LogP contribution in [0.1, 0.15) is 38.1 Å². The summed E-state index contributed by atoms with van der Waals surface area (Å²) in [5.41, 5.74) is 0.704. The van der Waals surface area contributed by atoms with Gasteiger partial charge in [-0.2, -0.15) is 0 Å². The van der Waals surface area contributed by atoms with Crippen LogP contribution in [0, 0.1) is 0 Å². The first-order valence-electron chi connectivity index (χ1n) is 8.97. The number of nitrogens with zero attached hydrogens (tertiary/aromatic N) is 4. The SMILES string of the molecule is CC(C)c1nncn1C1CCN(C(=O)Nc2ccc3c(c2)OCCO3)C1. The van der Waals surface area contributed by atoms with Gasteiger partial charge in [0, 0.05) is 30.8 Å². The summed E-state index contributed by atoms with van der Waals surface area (Å²) in [6, 6.07) is 5.56. The number of urea groups is 1. The molecule has 1 aromatic heterocycles. The van der Waals surface area contributed by atoms with Gasteiger partial charge in [-0.05, 0) is 18.6 Å². The van der Waals surface area contributed by atoms with Gasteiger partial charge in [0.05, 0.1) is 6.04 Å². The Morgan fingerprint density at radius 2 is 2.08 bits per heavy atom. The molecule has 1 fully saturated rings. The molecule has 1 saturated heterocycles. The zero-order chi connectivity index (χ0) is 18.1. The predicted molar refractivity (Wildman–Crippen MR) is 95.8 cm³/mol. The summed E-state index contributed by atoms with van der Waals surface area (Å²) in [4.78, 5) is 14.4. The average Bonchev–Trinajstić information content (AvgIpc) is 3.30. The third-order valence-corrected chi connectivity index (χ3v) is 4.75. The minimum Gasteiger partial charge on any atom is -0.486 e. The molecule has 8 heteroatoms. The molecule has 1 atom stereocenters. The molecule has 138 valence electrons. The Labute approximate surface area is 152 Å². The van der Waals surface area contributed by atoms with Gasteiger partial charge in [0.1, 0.15) is 25.4 Å². The molecule has 8 nitrogen and oxygen atoms in total. The van der Waals surface area contributed by atoms with E-state index in [2.05, 4.69) is 33.9 Å². The van der Waals surface area contributed by atoms with E-state index in [9.17, 15) is 4.79 Å². The van der Waals surface area contributed by atoms with Crippen LogP contribution in [0.15, 0.2) is 24.5 Å². The largest absolute Gasteiger partial charge is 0.486 e. The van der Waals surface area contributed by atoms with Crippen LogP contribution in [0.4, 0.5) is 10.5 Å². The second-order valence-electron chi connectivity index (χ2n) is 6.93. The molecule has 0 saturated carbocycles. The molecule has 3 heterocycles. The van der Waals surface area contributed by atoms with Gasteiger partial charge in [-0.3, -0.25) is 0 Å². The van der Waals surface area contributed by atoms with E-state index in [0.717, 1.165) is 12.2 Å². The number of aromatic nitrogens is 3. The quantitative estimate of drug-likeness (QED) is 0.913. The Balaban J connectivity index is 1.41. The summed E-state index contributed by atoms with van der Waals surface area (Å²) < 4.78 is 13.2. The third-order valence-electron chi connectivity index (χ3n) is 4.75. The summed E-state index contributed by atoms with van der Waals surface area (Å²) >= 11 is 0. The van der Waals surface area contributed by atoms with Gasteiger partial charge in [0.2, 0.25) is 0 Å². The Morgan fingerprint density at radius 3 is 2.88 bits per heavy atom. The Kier molecular flexibility index (Phi) is 4.40. The molecule has 0 aliphatic carbocycles. The number of carbonyl (C=O) groups is 1. The van der Waals surface area contributed by atoms with Crippen LogP contribution in [-0.4, -0.2) is 52.0 Å². The molecule has 1 N–H and O–H groups in total. The highest BCUT2D eigenvalue weighted by molar-refractivity contribution is 5.90. The highest BCUT2D eigenvalue weighted by atomic mass is 16.6. The molecule has 0 radical (unpaired) electrons. The summed E-state index contributed by atoms with van der Waals surface area (Å²) in [6.45, 7) is 6.62. The van der Waals surface area contributed by atoms with Gasteiger partial charge < -0.3 is 24.3 Å². The highest BCUT2D eigenvalue weighted by Crippen LogP contribution is 2.33. The zero-order valence-corrected chi connectivity index (χ0v) is 15.0. The van der Waals surface area contributed by atoms with Crippen LogP contribution >= 0.6 is 0 Å². The number of ether oxygens (including phenoxy) is 2. The monoisotopic (exact) mass is 357 g/mol. The number of amides is 2. The van der Waals surface area contributed by atoms with Crippen molar-refractivity contribution in [3.05, 3.63) is 30.4 Å². The van der Waals surface area contributed by atoms with E-state index in [-0.39, 0.29) is 12.1 Å². The van der Waals surface area contributed by atoms with Crippen LogP contribution in [0.5, 0.6) is 11.5 Å². The van der Waals surface area contributed by atoms with Crippen LogP contribution in [0.3, 0.4) is 0 Å². The van der Waals surface area contributed by atoms with E-state index in [4.69, 9.17) is 9.47 Å². The second-order valence-corrected chi connectivity index (χ2v) is 6.93. The van der Waals surface area contributed by atoms with Crippen LogP contribution in [0.25, 0.3) is 0 Å². The van der Waals surface area contributed by atoms with Crippen LogP contribution in [-0.2, 0) is 0 Å². The van der Waals surface area contributed by atoms with Crippen molar-refractivity contribution in [2.24, 2.45) is 0 Å². The Bertz CT molecular complexity index is 804. The Hall–Kier alpha value is -2.77. The van der Waals surface area contributed by atoms with E-state index in [0.29, 0.717) is 49.4 Å². The third kappa shape index (κ3) is 3.18. The zero-order valence-electron chi connectivity index (χ0n) is 15.0. The number of benzene rings is 1. The first kappa shape index (κ1) is 16.7. The molecular formula is C18H23N5O3. The van der Waals surface area contributed by atoms with Crippen molar-refractivity contribution < 1.29 is 14.3 Å². The number of anilines is 1. The number of hydrogen-bond donors (Lipinski definition) is 1.